The van der Waals surface area contributed by atoms with Gasteiger partial charge < -0.3 is 11.1 Å². The Morgan fingerprint density at radius 2 is 2.21 bits per heavy atom. The maximum atomic E-state index is 11.0. The van der Waals surface area contributed by atoms with Crippen LogP contribution in [0.25, 0.3) is 0 Å². The van der Waals surface area contributed by atoms with Crippen LogP contribution in [0.15, 0.2) is 24.4 Å². The fourth-order valence-electron chi connectivity index (χ4n) is 0.913. The molecule has 0 aliphatic heterocycles. The summed E-state index contributed by atoms with van der Waals surface area (Å²) in [6.45, 7) is 0.312. The molecule has 5 heteroatoms. The second-order valence-electron chi connectivity index (χ2n) is 2.74. The summed E-state index contributed by atoms with van der Waals surface area (Å²) in [6, 6.07) is 5.39. The fourth-order valence-corrected chi connectivity index (χ4v) is 0.913. The summed E-state index contributed by atoms with van der Waals surface area (Å²) in [5, 5.41) is 2.53. The van der Waals surface area contributed by atoms with E-state index in [1.807, 2.05) is 6.07 Å². The molecular formula is C9H11N3O2. The predicted octanol–water partition coefficient (Wildman–Crippen LogP) is -0.427. The van der Waals surface area contributed by atoms with Crippen LogP contribution in [0.3, 0.4) is 0 Å². The monoisotopic (exact) mass is 193 g/mol. The normalized spacial score (nSPS) is 9.43. The van der Waals surface area contributed by atoms with E-state index in [2.05, 4.69) is 10.3 Å². The summed E-state index contributed by atoms with van der Waals surface area (Å²) in [5.74, 6) is -1.02. The SMILES string of the molecule is NC(=O)CC(=O)NCc1ccccn1. The van der Waals surface area contributed by atoms with Crippen molar-refractivity contribution in [2.24, 2.45) is 5.73 Å². The molecule has 0 atom stereocenters. The Labute approximate surface area is 81.3 Å². The van der Waals surface area contributed by atoms with E-state index in [-0.39, 0.29) is 12.3 Å². The van der Waals surface area contributed by atoms with Crippen molar-refractivity contribution in [3.05, 3.63) is 30.1 Å². The second-order valence-corrected chi connectivity index (χ2v) is 2.74. The van der Waals surface area contributed by atoms with Crippen LogP contribution >= 0.6 is 0 Å². The van der Waals surface area contributed by atoms with Crippen molar-refractivity contribution in [2.45, 2.75) is 13.0 Å². The molecule has 0 saturated carbocycles. The fraction of sp³-hybridized carbons (Fsp3) is 0.222. The summed E-state index contributed by atoms with van der Waals surface area (Å²) >= 11 is 0. The maximum Gasteiger partial charge on any atom is 0.229 e. The molecule has 0 bridgehead atoms. The largest absolute Gasteiger partial charge is 0.369 e. The number of pyridine rings is 1. The molecule has 0 unspecified atom stereocenters. The number of carbonyl (C=O) groups excluding carboxylic acids is 2. The van der Waals surface area contributed by atoms with Crippen molar-refractivity contribution in [1.29, 1.82) is 0 Å². The van der Waals surface area contributed by atoms with Crippen LogP contribution in [-0.4, -0.2) is 16.8 Å². The highest BCUT2D eigenvalue weighted by molar-refractivity contribution is 5.95. The lowest BCUT2D eigenvalue weighted by Gasteiger charge is -2.02. The maximum absolute atomic E-state index is 11.0. The number of nitrogens with two attached hydrogens (primary N) is 1. The van der Waals surface area contributed by atoms with E-state index in [4.69, 9.17) is 5.73 Å². The van der Waals surface area contributed by atoms with E-state index in [9.17, 15) is 9.59 Å². The van der Waals surface area contributed by atoms with Gasteiger partial charge in [0.25, 0.3) is 0 Å². The van der Waals surface area contributed by atoms with Crippen LogP contribution in [0, 0.1) is 0 Å². The van der Waals surface area contributed by atoms with Crippen molar-refractivity contribution in [2.75, 3.05) is 0 Å². The Balaban J connectivity index is 2.34. The number of nitrogens with zero attached hydrogens (tertiary/aromatic N) is 1. The predicted molar refractivity (Wildman–Crippen MR) is 49.9 cm³/mol. The number of nitrogens with one attached hydrogen (secondary N) is 1. The summed E-state index contributed by atoms with van der Waals surface area (Å²) in [4.78, 5) is 25.4. The minimum atomic E-state index is -0.636. The van der Waals surface area contributed by atoms with Gasteiger partial charge in [0.1, 0.15) is 6.42 Å². The van der Waals surface area contributed by atoms with Gasteiger partial charge in [0.05, 0.1) is 12.2 Å². The van der Waals surface area contributed by atoms with Gasteiger partial charge in [0, 0.05) is 6.20 Å². The number of rotatable bonds is 4. The van der Waals surface area contributed by atoms with Crippen molar-refractivity contribution in [3.8, 4) is 0 Å². The first-order valence-electron chi connectivity index (χ1n) is 4.13. The van der Waals surface area contributed by atoms with E-state index < -0.39 is 5.91 Å². The molecule has 5 nitrogen and oxygen atoms in total. The highest BCUT2D eigenvalue weighted by Gasteiger charge is 2.04. The van der Waals surface area contributed by atoms with Crippen LogP contribution in [-0.2, 0) is 16.1 Å². The molecule has 0 aliphatic rings. The third-order valence-corrected chi connectivity index (χ3v) is 1.53. The first kappa shape index (κ1) is 10.2. The summed E-state index contributed by atoms with van der Waals surface area (Å²) in [7, 11) is 0. The molecule has 1 heterocycles. The Hall–Kier alpha value is -1.91. The highest BCUT2D eigenvalue weighted by Crippen LogP contribution is 1.92. The number of primary amides is 1. The molecule has 74 valence electrons. The van der Waals surface area contributed by atoms with E-state index in [1.165, 1.54) is 0 Å². The third kappa shape index (κ3) is 3.66. The van der Waals surface area contributed by atoms with E-state index >= 15 is 0 Å². The van der Waals surface area contributed by atoms with Gasteiger partial charge in [-0.2, -0.15) is 0 Å². The van der Waals surface area contributed by atoms with Gasteiger partial charge in [-0.05, 0) is 12.1 Å². The van der Waals surface area contributed by atoms with Crippen molar-refractivity contribution in [3.63, 3.8) is 0 Å². The van der Waals surface area contributed by atoms with Gasteiger partial charge in [-0.25, -0.2) is 0 Å². The first-order chi connectivity index (χ1) is 6.68. The lowest BCUT2D eigenvalue weighted by atomic mass is 10.3. The highest BCUT2D eigenvalue weighted by atomic mass is 16.2. The average molecular weight is 193 g/mol. The van der Waals surface area contributed by atoms with E-state index in [0.29, 0.717) is 6.54 Å². The lowest BCUT2D eigenvalue weighted by Crippen LogP contribution is -2.28. The molecule has 0 aliphatic carbocycles. The summed E-state index contributed by atoms with van der Waals surface area (Å²) in [6.07, 6.45) is 1.35. The minimum Gasteiger partial charge on any atom is -0.369 e. The lowest BCUT2D eigenvalue weighted by molar-refractivity contribution is -0.127. The zero-order valence-corrected chi connectivity index (χ0v) is 7.56. The topological polar surface area (TPSA) is 85.1 Å². The van der Waals surface area contributed by atoms with Gasteiger partial charge in [-0.15, -0.1) is 0 Å². The number of carbonyl (C=O) groups is 2. The van der Waals surface area contributed by atoms with Crippen molar-refractivity contribution >= 4 is 11.8 Å². The zero-order valence-electron chi connectivity index (χ0n) is 7.56. The van der Waals surface area contributed by atoms with E-state index in [0.717, 1.165) is 5.69 Å². The third-order valence-electron chi connectivity index (χ3n) is 1.53. The van der Waals surface area contributed by atoms with Gasteiger partial charge >= 0.3 is 0 Å². The quantitative estimate of drug-likeness (QED) is 0.636. The van der Waals surface area contributed by atoms with Crippen LogP contribution in [0.5, 0.6) is 0 Å². The molecule has 0 aromatic carbocycles. The van der Waals surface area contributed by atoms with Gasteiger partial charge in [0.2, 0.25) is 11.8 Å². The molecule has 1 aromatic rings. The van der Waals surface area contributed by atoms with Crippen LogP contribution < -0.4 is 11.1 Å². The number of hydrogen-bond acceptors (Lipinski definition) is 3. The number of hydrogen-bond donors (Lipinski definition) is 2. The molecule has 0 saturated heterocycles. The van der Waals surface area contributed by atoms with E-state index in [1.54, 1.807) is 18.3 Å². The summed E-state index contributed by atoms with van der Waals surface area (Å²) in [5.41, 5.74) is 5.59. The Kier molecular flexibility index (Phi) is 3.60. The van der Waals surface area contributed by atoms with Crippen molar-refractivity contribution in [1.82, 2.24) is 10.3 Å². The van der Waals surface area contributed by atoms with Gasteiger partial charge in [-0.3, -0.25) is 14.6 Å². The summed E-state index contributed by atoms with van der Waals surface area (Å²) < 4.78 is 0. The Morgan fingerprint density at radius 3 is 2.79 bits per heavy atom. The Morgan fingerprint density at radius 1 is 1.43 bits per heavy atom. The first-order valence-corrected chi connectivity index (χ1v) is 4.13. The average Bonchev–Trinajstić information content (AvgIpc) is 2.15. The Bertz CT molecular complexity index is 324. The molecule has 0 spiro atoms. The molecule has 3 N–H and O–H groups in total. The van der Waals surface area contributed by atoms with Crippen LogP contribution in [0.1, 0.15) is 12.1 Å². The molecule has 2 amide bonds. The van der Waals surface area contributed by atoms with Crippen LogP contribution in [0.2, 0.25) is 0 Å². The molecular weight excluding hydrogens is 182 g/mol. The molecule has 1 aromatic heterocycles. The second kappa shape index (κ2) is 4.96. The number of amides is 2. The number of aromatic nitrogens is 1. The van der Waals surface area contributed by atoms with Crippen LogP contribution in [0.4, 0.5) is 0 Å². The minimum absolute atomic E-state index is 0.285. The zero-order chi connectivity index (χ0) is 10.4. The van der Waals surface area contributed by atoms with Gasteiger partial charge in [0.15, 0.2) is 0 Å². The molecule has 14 heavy (non-hydrogen) atoms. The molecule has 1 rings (SSSR count). The van der Waals surface area contributed by atoms with Gasteiger partial charge in [-0.1, -0.05) is 6.07 Å². The van der Waals surface area contributed by atoms with Crippen molar-refractivity contribution < 1.29 is 9.59 Å². The standard InChI is InChI=1S/C9H11N3O2/c10-8(13)5-9(14)12-6-7-3-1-2-4-11-7/h1-4H,5-6H2,(H2,10,13)(H,12,14). The smallest absolute Gasteiger partial charge is 0.229 e. The molecule has 0 fully saturated rings. The molecule has 0 radical (unpaired) electrons.